The molecule has 1 N–H and O–H groups in total. The Morgan fingerprint density at radius 2 is 2.06 bits per heavy atom. The van der Waals surface area contributed by atoms with E-state index in [4.69, 9.17) is 11.6 Å². The first kappa shape index (κ1) is 11.0. The maximum absolute atomic E-state index is 11.5. The van der Waals surface area contributed by atoms with Crippen LogP contribution in [0, 0.1) is 0 Å². The van der Waals surface area contributed by atoms with E-state index in [0.717, 1.165) is 5.56 Å². The number of imide groups is 1. The first-order valence-corrected chi connectivity index (χ1v) is 5.37. The normalized spacial score (nSPS) is 16.2. The monoisotopic (exact) mass is 238 g/mol. The number of urea groups is 1. The fourth-order valence-corrected chi connectivity index (χ4v) is 1.78. The fourth-order valence-electron chi connectivity index (χ4n) is 1.58. The summed E-state index contributed by atoms with van der Waals surface area (Å²) in [6.07, 6.45) is 0.343. The molecule has 0 saturated carbocycles. The molecule has 1 fully saturated rings. The number of halogens is 1. The third kappa shape index (κ3) is 2.33. The van der Waals surface area contributed by atoms with Gasteiger partial charge in [-0.15, -0.1) is 0 Å². The van der Waals surface area contributed by atoms with E-state index in [0.29, 0.717) is 24.5 Å². The molecule has 2 rings (SSSR count). The Kier molecular flexibility index (Phi) is 3.10. The first-order valence-electron chi connectivity index (χ1n) is 4.99. The minimum absolute atomic E-state index is 0.222. The largest absolute Gasteiger partial charge is 0.324 e. The van der Waals surface area contributed by atoms with E-state index in [1.807, 2.05) is 18.2 Å². The van der Waals surface area contributed by atoms with Crippen LogP contribution in [-0.4, -0.2) is 23.4 Å². The Labute approximate surface area is 98.2 Å². The minimum atomic E-state index is -0.351. The number of benzene rings is 1. The molecule has 1 heterocycles. The van der Waals surface area contributed by atoms with Gasteiger partial charge in [0.1, 0.15) is 0 Å². The van der Waals surface area contributed by atoms with Crippen molar-refractivity contribution in [3.05, 3.63) is 34.9 Å². The summed E-state index contributed by atoms with van der Waals surface area (Å²) in [7, 11) is 0. The fraction of sp³-hybridized carbons (Fsp3) is 0.273. The number of amides is 3. The van der Waals surface area contributed by atoms with Crippen molar-refractivity contribution in [1.29, 1.82) is 0 Å². The molecule has 84 valence electrons. The van der Waals surface area contributed by atoms with Gasteiger partial charge in [-0.1, -0.05) is 29.8 Å². The molecular formula is C11H11ClN2O2. The number of carbonyl (C=O) groups excluding carboxylic acids is 2. The van der Waals surface area contributed by atoms with Crippen LogP contribution in [0.1, 0.15) is 12.0 Å². The Balaban J connectivity index is 2.08. The van der Waals surface area contributed by atoms with Crippen molar-refractivity contribution in [2.75, 3.05) is 6.54 Å². The summed E-state index contributed by atoms with van der Waals surface area (Å²) in [5.41, 5.74) is 0.883. The number of nitrogens with one attached hydrogen (secondary N) is 1. The van der Waals surface area contributed by atoms with Crippen molar-refractivity contribution in [2.24, 2.45) is 0 Å². The van der Waals surface area contributed by atoms with Gasteiger partial charge in [0.2, 0.25) is 5.91 Å². The standard InChI is InChI=1S/C11H11ClN2O2/c12-9-4-2-1-3-8(9)7-14-6-5-10(15)13-11(14)16/h1-4H,5-7H2,(H,13,15,16). The summed E-state index contributed by atoms with van der Waals surface area (Å²) in [5, 5.41) is 2.91. The van der Waals surface area contributed by atoms with Gasteiger partial charge in [0.05, 0.1) is 0 Å². The number of hydrogen-bond acceptors (Lipinski definition) is 2. The zero-order valence-corrected chi connectivity index (χ0v) is 9.33. The van der Waals surface area contributed by atoms with Crippen LogP contribution >= 0.6 is 11.6 Å². The zero-order chi connectivity index (χ0) is 11.5. The Hall–Kier alpha value is -1.55. The summed E-state index contributed by atoms with van der Waals surface area (Å²) in [4.78, 5) is 24.0. The smallest absolute Gasteiger partial charge is 0.320 e. The molecule has 0 atom stereocenters. The average molecular weight is 239 g/mol. The van der Waals surface area contributed by atoms with E-state index in [2.05, 4.69) is 5.32 Å². The third-order valence-corrected chi connectivity index (χ3v) is 2.83. The summed E-state index contributed by atoms with van der Waals surface area (Å²) in [6, 6.07) is 7.01. The van der Waals surface area contributed by atoms with Gasteiger partial charge in [-0.2, -0.15) is 0 Å². The summed E-state index contributed by atoms with van der Waals surface area (Å²) in [5.74, 6) is -0.222. The number of rotatable bonds is 2. The number of carbonyl (C=O) groups is 2. The van der Waals surface area contributed by atoms with Crippen molar-refractivity contribution >= 4 is 23.5 Å². The second-order valence-corrected chi connectivity index (χ2v) is 4.02. The van der Waals surface area contributed by atoms with Crippen LogP contribution in [0.25, 0.3) is 0 Å². The Morgan fingerprint density at radius 1 is 1.31 bits per heavy atom. The Morgan fingerprint density at radius 3 is 2.75 bits per heavy atom. The highest BCUT2D eigenvalue weighted by Crippen LogP contribution is 2.17. The second kappa shape index (κ2) is 4.53. The van der Waals surface area contributed by atoms with Crippen LogP contribution in [0.15, 0.2) is 24.3 Å². The summed E-state index contributed by atoms with van der Waals surface area (Å²) >= 11 is 5.99. The highest BCUT2D eigenvalue weighted by molar-refractivity contribution is 6.31. The quantitative estimate of drug-likeness (QED) is 0.854. The van der Waals surface area contributed by atoms with Crippen molar-refractivity contribution in [3.63, 3.8) is 0 Å². The van der Waals surface area contributed by atoms with E-state index in [-0.39, 0.29) is 11.9 Å². The molecule has 0 aromatic heterocycles. The Bertz CT molecular complexity index is 434. The van der Waals surface area contributed by atoms with Crippen LogP contribution < -0.4 is 5.32 Å². The molecule has 5 heteroatoms. The summed E-state index contributed by atoms with van der Waals surface area (Å²) < 4.78 is 0. The van der Waals surface area contributed by atoms with Crippen molar-refractivity contribution < 1.29 is 9.59 Å². The third-order valence-electron chi connectivity index (χ3n) is 2.46. The highest BCUT2D eigenvalue weighted by Gasteiger charge is 2.23. The van der Waals surface area contributed by atoms with Gasteiger partial charge in [0.15, 0.2) is 0 Å². The van der Waals surface area contributed by atoms with Gasteiger partial charge < -0.3 is 4.90 Å². The molecule has 3 amide bonds. The molecule has 1 aliphatic heterocycles. The van der Waals surface area contributed by atoms with Gasteiger partial charge in [-0.05, 0) is 11.6 Å². The highest BCUT2D eigenvalue weighted by atomic mass is 35.5. The lowest BCUT2D eigenvalue weighted by Gasteiger charge is -2.26. The maximum Gasteiger partial charge on any atom is 0.324 e. The van der Waals surface area contributed by atoms with Crippen LogP contribution in [0.2, 0.25) is 5.02 Å². The predicted molar refractivity (Wildman–Crippen MR) is 60.0 cm³/mol. The van der Waals surface area contributed by atoms with Crippen LogP contribution in [0.5, 0.6) is 0 Å². The molecule has 1 aromatic carbocycles. The summed E-state index contributed by atoms with van der Waals surface area (Å²) in [6.45, 7) is 0.870. The molecule has 0 unspecified atom stereocenters. The van der Waals surface area contributed by atoms with Crippen LogP contribution in [0.3, 0.4) is 0 Å². The molecule has 0 bridgehead atoms. The minimum Gasteiger partial charge on any atom is -0.320 e. The molecule has 0 spiro atoms. The van der Waals surface area contributed by atoms with Crippen LogP contribution in [0.4, 0.5) is 4.79 Å². The van der Waals surface area contributed by atoms with Crippen LogP contribution in [-0.2, 0) is 11.3 Å². The van der Waals surface area contributed by atoms with Gasteiger partial charge in [0.25, 0.3) is 0 Å². The van der Waals surface area contributed by atoms with Gasteiger partial charge in [-0.25, -0.2) is 4.79 Å². The van der Waals surface area contributed by atoms with E-state index in [9.17, 15) is 9.59 Å². The van der Waals surface area contributed by atoms with E-state index in [1.165, 1.54) is 0 Å². The lowest BCUT2D eigenvalue weighted by molar-refractivity contribution is -0.121. The molecule has 0 radical (unpaired) electrons. The molecule has 4 nitrogen and oxygen atoms in total. The van der Waals surface area contributed by atoms with E-state index in [1.54, 1.807) is 11.0 Å². The second-order valence-electron chi connectivity index (χ2n) is 3.62. The number of hydrogen-bond donors (Lipinski definition) is 1. The molecule has 0 aliphatic carbocycles. The molecule has 16 heavy (non-hydrogen) atoms. The lowest BCUT2D eigenvalue weighted by Crippen LogP contribution is -2.48. The van der Waals surface area contributed by atoms with Crippen molar-refractivity contribution in [2.45, 2.75) is 13.0 Å². The zero-order valence-electron chi connectivity index (χ0n) is 8.57. The van der Waals surface area contributed by atoms with E-state index >= 15 is 0 Å². The maximum atomic E-state index is 11.5. The molecule has 1 saturated heterocycles. The van der Waals surface area contributed by atoms with Crippen molar-refractivity contribution in [3.8, 4) is 0 Å². The van der Waals surface area contributed by atoms with Gasteiger partial charge >= 0.3 is 6.03 Å². The SMILES string of the molecule is O=C1CCN(Cc2ccccc2Cl)C(=O)N1. The lowest BCUT2D eigenvalue weighted by atomic mass is 10.2. The molecule has 1 aliphatic rings. The van der Waals surface area contributed by atoms with Gasteiger partial charge in [0, 0.05) is 24.5 Å². The van der Waals surface area contributed by atoms with Gasteiger partial charge in [-0.3, -0.25) is 10.1 Å². The molecule has 1 aromatic rings. The van der Waals surface area contributed by atoms with Crippen molar-refractivity contribution in [1.82, 2.24) is 10.2 Å². The average Bonchev–Trinajstić information content (AvgIpc) is 2.25. The predicted octanol–water partition coefficient (Wildman–Crippen LogP) is 1.78. The first-order chi connectivity index (χ1) is 7.66. The molecular weight excluding hydrogens is 228 g/mol. The topological polar surface area (TPSA) is 49.4 Å². The van der Waals surface area contributed by atoms with E-state index < -0.39 is 0 Å². The number of nitrogens with zero attached hydrogens (tertiary/aromatic N) is 1.